The van der Waals surface area contributed by atoms with E-state index in [1.54, 1.807) is 0 Å². The first-order chi connectivity index (χ1) is 9.74. The van der Waals surface area contributed by atoms with Crippen LogP contribution in [0.4, 0.5) is 8.78 Å². The van der Waals surface area contributed by atoms with E-state index in [1.165, 1.54) is 6.07 Å². The number of halogens is 2. The van der Waals surface area contributed by atoms with E-state index < -0.39 is 11.6 Å². The third kappa shape index (κ3) is 7.37. The van der Waals surface area contributed by atoms with Gasteiger partial charge in [-0.2, -0.15) is 0 Å². The van der Waals surface area contributed by atoms with Gasteiger partial charge in [0.25, 0.3) is 0 Å². The molecule has 0 amide bonds. The summed E-state index contributed by atoms with van der Waals surface area (Å²) in [4.78, 5) is 0. The van der Waals surface area contributed by atoms with Crippen molar-refractivity contribution in [3.8, 4) is 5.75 Å². The fourth-order valence-electron chi connectivity index (χ4n) is 1.39. The molecule has 1 aromatic rings. The molecule has 0 N–H and O–H groups in total. The van der Waals surface area contributed by atoms with Crippen molar-refractivity contribution in [1.29, 1.82) is 0 Å². The minimum absolute atomic E-state index is 0.0166. The Bertz CT molecular complexity index is 374. The molecule has 0 radical (unpaired) electrons. The van der Waals surface area contributed by atoms with Gasteiger partial charge < -0.3 is 18.9 Å². The number of rotatable bonds is 11. The van der Waals surface area contributed by atoms with Crippen LogP contribution in [0.25, 0.3) is 0 Å². The van der Waals surface area contributed by atoms with Gasteiger partial charge in [-0.25, -0.2) is 8.78 Å². The molecule has 0 aromatic heterocycles. The van der Waals surface area contributed by atoms with Gasteiger partial charge in [0.15, 0.2) is 11.6 Å². The molecule has 0 heterocycles. The van der Waals surface area contributed by atoms with Crippen LogP contribution in [0.15, 0.2) is 18.2 Å². The molecule has 0 spiro atoms. The zero-order chi connectivity index (χ0) is 14.6. The van der Waals surface area contributed by atoms with E-state index in [4.69, 9.17) is 18.9 Å². The highest BCUT2D eigenvalue weighted by molar-refractivity contribution is 5.24. The summed E-state index contributed by atoms with van der Waals surface area (Å²) in [6.07, 6.45) is 0. The first-order valence-electron chi connectivity index (χ1n) is 6.55. The van der Waals surface area contributed by atoms with Crippen molar-refractivity contribution in [2.24, 2.45) is 0 Å². The van der Waals surface area contributed by atoms with E-state index in [2.05, 4.69) is 0 Å². The summed E-state index contributed by atoms with van der Waals surface area (Å²) in [5.74, 6) is -1.33. The van der Waals surface area contributed by atoms with Gasteiger partial charge in [0.1, 0.15) is 12.4 Å². The summed E-state index contributed by atoms with van der Waals surface area (Å²) >= 11 is 0. The van der Waals surface area contributed by atoms with E-state index in [0.717, 1.165) is 12.1 Å². The maximum atomic E-state index is 13.2. The van der Waals surface area contributed by atoms with E-state index in [1.807, 2.05) is 6.92 Å². The van der Waals surface area contributed by atoms with E-state index >= 15 is 0 Å². The fourth-order valence-corrected chi connectivity index (χ4v) is 1.39. The molecule has 0 atom stereocenters. The van der Waals surface area contributed by atoms with Crippen LogP contribution in [-0.2, 0) is 14.2 Å². The second-order valence-corrected chi connectivity index (χ2v) is 3.84. The lowest BCUT2D eigenvalue weighted by molar-refractivity contribution is 0.0112. The van der Waals surface area contributed by atoms with Gasteiger partial charge in [-0.1, -0.05) is 0 Å². The first-order valence-corrected chi connectivity index (χ1v) is 6.55. The van der Waals surface area contributed by atoms with Crippen LogP contribution in [0.1, 0.15) is 6.92 Å². The predicted octanol–water partition coefficient (Wildman–Crippen LogP) is 2.41. The van der Waals surface area contributed by atoms with E-state index in [0.29, 0.717) is 39.6 Å². The highest BCUT2D eigenvalue weighted by atomic mass is 19.1. The number of ether oxygens (including phenoxy) is 4. The Morgan fingerprint density at radius 3 is 2.05 bits per heavy atom. The fraction of sp³-hybridized carbons (Fsp3) is 0.571. The molecule has 114 valence electrons. The molecule has 0 unspecified atom stereocenters. The molecule has 4 nitrogen and oxygen atoms in total. The first kappa shape index (κ1) is 16.8. The van der Waals surface area contributed by atoms with Gasteiger partial charge in [-0.05, 0) is 19.1 Å². The van der Waals surface area contributed by atoms with Gasteiger partial charge in [0.2, 0.25) is 0 Å². The standard InChI is InChI=1S/C14H20F2O4/c1-2-17-5-6-18-7-8-19-9-10-20-14-4-3-12(15)11-13(14)16/h3-4,11H,2,5-10H2,1H3. The average Bonchev–Trinajstić information content (AvgIpc) is 2.43. The largest absolute Gasteiger partial charge is 0.488 e. The number of hydrogen-bond donors (Lipinski definition) is 0. The minimum atomic E-state index is -0.718. The van der Waals surface area contributed by atoms with Crippen LogP contribution in [0.3, 0.4) is 0 Å². The molecule has 0 saturated heterocycles. The molecule has 0 aliphatic rings. The zero-order valence-electron chi connectivity index (χ0n) is 11.6. The SMILES string of the molecule is CCOCCOCCOCCOc1ccc(F)cc1F. The highest BCUT2D eigenvalue weighted by Crippen LogP contribution is 2.17. The molecular formula is C14H20F2O4. The predicted molar refractivity (Wildman–Crippen MR) is 70.0 cm³/mol. The Balaban J connectivity index is 1.97. The molecule has 0 aliphatic heterocycles. The summed E-state index contributed by atoms with van der Waals surface area (Å²) in [6.45, 7) is 5.12. The van der Waals surface area contributed by atoms with Crippen LogP contribution in [0.2, 0.25) is 0 Å². The van der Waals surface area contributed by atoms with Gasteiger partial charge in [0.05, 0.1) is 33.0 Å². The van der Waals surface area contributed by atoms with Gasteiger partial charge in [-0.3, -0.25) is 0 Å². The topological polar surface area (TPSA) is 36.9 Å². The molecule has 0 fully saturated rings. The van der Waals surface area contributed by atoms with Crippen molar-refractivity contribution in [3.63, 3.8) is 0 Å². The van der Waals surface area contributed by atoms with Crippen LogP contribution in [0.5, 0.6) is 5.75 Å². The Morgan fingerprint density at radius 1 is 0.850 bits per heavy atom. The quantitative estimate of drug-likeness (QED) is 0.587. The lowest BCUT2D eigenvalue weighted by atomic mass is 10.3. The second-order valence-electron chi connectivity index (χ2n) is 3.84. The molecule has 1 aromatic carbocycles. The Labute approximate surface area is 117 Å². The maximum Gasteiger partial charge on any atom is 0.167 e. The molecule has 0 aliphatic carbocycles. The molecule has 0 bridgehead atoms. The molecule has 1 rings (SSSR count). The lowest BCUT2D eigenvalue weighted by Gasteiger charge is -2.08. The maximum absolute atomic E-state index is 13.2. The summed E-state index contributed by atoms with van der Waals surface area (Å²) in [7, 11) is 0. The van der Waals surface area contributed by atoms with Crippen LogP contribution >= 0.6 is 0 Å². The number of hydrogen-bond acceptors (Lipinski definition) is 4. The summed E-state index contributed by atoms with van der Waals surface area (Å²) < 4.78 is 46.5. The molecule has 6 heteroatoms. The van der Waals surface area contributed by atoms with Crippen molar-refractivity contribution >= 4 is 0 Å². The second kappa shape index (κ2) is 10.5. The van der Waals surface area contributed by atoms with Gasteiger partial charge in [-0.15, -0.1) is 0 Å². The third-order valence-electron chi connectivity index (χ3n) is 2.33. The Morgan fingerprint density at radius 2 is 1.45 bits per heavy atom. The Hall–Kier alpha value is -1.24. The molecular weight excluding hydrogens is 270 g/mol. The summed E-state index contributed by atoms with van der Waals surface area (Å²) in [5.41, 5.74) is 0. The average molecular weight is 290 g/mol. The summed E-state index contributed by atoms with van der Waals surface area (Å²) in [6, 6.07) is 3.18. The van der Waals surface area contributed by atoms with Crippen LogP contribution < -0.4 is 4.74 Å². The van der Waals surface area contributed by atoms with Crippen molar-refractivity contribution in [1.82, 2.24) is 0 Å². The van der Waals surface area contributed by atoms with Crippen molar-refractivity contribution in [3.05, 3.63) is 29.8 Å². The van der Waals surface area contributed by atoms with Crippen molar-refractivity contribution in [2.75, 3.05) is 46.2 Å². The van der Waals surface area contributed by atoms with Gasteiger partial charge >= 0.3 is 0 Å². The molecule has 20 heavy (non-hydrogen) atoms. The summed E-state index contributed by atoms with van der Waals surface area (Å²) in [5, 5.41) is 0. The molecule has 0 saturated carbocycles. The zero-order valence-corrected chi connectivity index (χ0v) is 11.6. The van der Waals surface area contributed by atoms with Crippen molar-refractivity contribution in [2.45, 2.75) is 6.92 Å². The lowest BCUT2D eigenvalue weighted by Crippen LogP contribution is -2.13. The van der Waals surface area contributed by atoms with Gasteiger partial charge in [0, 0.05) is 12.7 Å². The van der Waals surface area contributed by atoms with Crippen LogP contribution in [0, 0.1) is 11.6 Å². The third-order valence-corrected chi connectivity index (χ3v) is 2.33. The normalized spacial score (nSPS) is 10.8. The van der Waals surface area contributed by atoms with Crippen LogP contribution in [-0.4, -0.2) is 46.2 Å². The van der Waals surface area contributed by atoms with E-state index in [-0.39, 0.29) is 12.4 Å². The van der Waals surface area contributed by atoms with Crippen molar-refractivity contribution < 1.29 is 27.7 Å². The highest BCUT2D eigenvalue weighted by Gasteiger charge is 2.04. The smallest absolute Gasteiger partial charge is 0.167 e. The monoisotopic (exact) mass is 290 g/mol. The van der Waals surface area contributed by atoms with E-state index in [9.17, 15) is 8.78 Å². The minimum Gasteiger partial charge on any atom is -0.488 e. The number of benzene rings is 1. The Kier molecular flexibility index (Phi) is 8.86.